The number of rotatable bonds is 9. The van der Waals surface area contributed by atoms with Crippen LogP contribution in [-0.4, -0.2) is 62.6 Å². The molecule has 2 aromatic rings. The number of amides is 2. The molecular weight excluding hydrogens is 416 g/mol. The van der Waals surface area contributed by atoms with Crippen molar-refractivity contribution in [2.75, 3.05) is 56.1 Å². The number of nitrogens with one attached hydrogen (secondary N) is 2. The molecule has 2 aliphatic rings. The van der Waals surface area contributed by atoms with E-state index < -0.39 is 0 Å². The number of benzene rings is 2. The zero-order valence-electron chi connectivity index (χ0n) is 19.4. The number of hydrogen-bond donors (Lipinski definition) is 2. The first kappa shape index (κ1) is 23.1. The van der Waals surface area contributed by atoms with Crippen LogP contribution in [0.3, 0.4) is 0 Å². The molecule has 7 heteroatoms. The monoisotopic (exact) mass is 450 g/mol. The number of carbonyl (C=O) groups excluding carboxylic acids is 2. The van der Waals surface area contributed by atoms with Crippen molar-refractivity contribution in [1.29, 1.82) is 0 Å². The lowest BCUT2D eigenvalue weighted by Crippen LogP contribution is -2.46. The zero-order chi connectivity index (χ0) is 23.0. The van der Waals surface area contributed by atoms with Crippen molar-refractivity contribution in [2.24, 2.45) is 0 Å². The van der Waals surface area contributed by atoms with Gasteiger partial charge in [0.15, 0.2) is 6.61 Å². The molecule has 33 heavy (non-hydrogen) atoms. The summed E-state index contributed by atoms with van der Waals surface area (Å²) in [5.41, 5.74) is 4.51. The molecule has 0 unspecified atom stereocenters. The first-order chi connectivity index (χ1) is 16.1. The Labute approximate surface area is 196 Å². The van der Waals surface area contributed by atoms with E-state index in [-0.39, 0.29) is 18.4 Å². The minimum Gasteiger partial charge on any atom is -0.484 e. The summed E-state index contributed by atoms with van der Waals surface area (Å²) < 4.78 is 5.63. The van der Waals surface area contributed by atoms with Crippen molar-refractivity contribution < 1.29 is 14.3 Å². The van der Waals surface area contributed by atoms with E-state index in [4.69, 9.17) is 4.74 Å². The smallest absolute Gasteiger partial charge is 0.257 e. The van der Waals surface area contributed by atoms with Gasteiger partial charge in [0, 0.05) is 50.5 Å². The quantitative estimate of drug-likeness (QED) is 0.575. The maximum atomic E-state index is 12.1. The summed E-state index contributed by atoms with van der Waals surface area (Å²) in [5, 5.41) is 5.79. The second-order valence-corrected chi connectivity index (χ2v) is 8.88. The summed E-state index contributed by atoms with van der Waals surface area (Å²) in [6, 6.07) is 14.2. The van der Waals surface area contributed by atoms with Crippen LogP contribution in [0.4, 0.5) is 11.4 Å². The average molecular weight is 451 g/mol. The highest BCUT2D eigenvalue weighted by atomic mass is 16.5. The molecule has 2 aromatic carbocycles. The van der Waals surface area contributed by atoms with Gasteiger partial charge in [0.2, 0.25) is 5.91 Å². The van der Waals surface area contributed by atoms with Gasteiger partial charge in [0.25, 0.3) is 5.91 Å². The van der Waals surface area contributed by atoms with Crippen LogP contribution < -0.4 is 20.3 Å². The van der Waals surface area contributed by atoms with Crippen LogP contribution in [0.5, 0.6) is 5.75 Å². The molecule has 0 bridgehead atoms. The Kier molecular flexibility index (Phi) is 7.83. The minimum atomic E-state index is -0.104. The molecule has 0 radical (unpaired) electrons. The normalized spacial score (nSPS) is 16.2. The van der Waals surface area contributed by atoms with Gasteiger partial charge in [-0.15, -0.1) is 0 Å². The molecule has 0 aliphatic carbocycles. The summed E-state index contributed by atoms with van der Waals surface area (Å²) in [5.74, 6) is 0.595. The number of fused-ring (bicyclic) bond motifs is 1. The fourth-order valence-electron chi connectivity index (χ4n) is 4.39. The van der Waals surface area contributed by atoms with E-state index in [0.717, 1.165) is 56.8 Å². The Morgan fingerprint density at radius 1 is 1.06 bits per heavy atom. The predicted octanol–water partition coefficient (Wildman–Crippen LogP) is 2.98. The highest BCUT2D eigenvalue weighted by Crippen LogP contribution is 2.26. The van der Waals surface area contributed by atoms with Crippen LogP contribution in [0.1, 0.15) is 30.4 Å². The van der Waals surface area contributed by atoms with Crippen LogP contribution in [0.15, 0.2) is 42.5 Å². The second-order valence-electron chi connectivity index (χ2n) is 8.88. The van der Waals surface area contributed by atoms with Gasteiger partial charge in [-0.05, 0) is 74.2 Å². The fourth-order valence-corrected chi connectivity index (χ4v) is 4.39. The Morgan fingerprint density at radius 2 is 1.91 bits per heavy atom. The Morgan fingerprint density at radius 3 is 2.73 bits per heavy atom. The number of hydrogen-bond acceptors (Lipinski definition) is 5. The molecular formula is C26H34N4O3. The molecule has 2 heterocycles. The van der Waals surface area contributed by atoms with E-state index in [2.05, 4.69) is 51.6 Å². The Balaban J connectivity index is 1.07. The van der Waals surface area contributed by atoms with Crippen LogP contribution >= 0.6 is 0 Å². The molecule has 2 aliphatic heterocycles. The van der Waals surface area contributed by atoms with Gasteiger partial charge >= 0.3 is 0 Å². The molecule has 0 saturated carbocycles. The molecule has 176 valence electrons. The van der Waals surface area contributed by atoms with Crippen molar-refractivity contribution in [3.05, 3.63) is 53.6 Å². The lowest BCUT2D eigenvalue weighted by atomic mass is 10.0. The van der Waals surface area contributed by atoms with E-state index in [9.17, 15) is 9.59 Å². The van der Waals surface area contributed by atoms with E-state index in [1.165, 1.54) is 11.3 Å². The van der Waals surface area contributed by atoms with Gasteiger partial charge in [-0.3, -0.25) is 14.5 Å². The zero-order valence-corrected chi connectivity index (χ0v) is 19.4. The van der Waals surface area contributed by atoms with Gasteiger partial charge in [-0.2, -0.15) is 0 Å². The Hall–Kier alpha value is -3.06. The van der Waals surface area contributed by atoms with E-state index in [1.54, 1.807) is 6.07 Å². The topological polar surface area (TPSA) is 73.9 Å². The first-order valence-electron chi connectivity index (χ1n) is 11.9. The van der Waals surface area contributed by atoms with Crippen LogP contribution in [-0.2, 0) is 16.0 Å². The van der Waals surface area contributed by atoms with Crippen LogP contribution in [0.2, 0.25) is 0 Å². The average Bonchev–Trinajstić information content (AvgIpc) is 2.83. The number of carbonyl (C=O) groups is 2. The molecule has 0 spiro atoms. The van der Waals surface area contributed by atoms with E-state index >= 15 is 0 Å². The largest absolute Gasteiger partial charge is 0.484 e. The van der Waals surface area contributed by atoms with Crippen molar-refractivity contribution in [3.63, 3.8) is 0 Å². The van der Waals surface area contributed by atoms with Crippen molar-refractivity contribution in [3.8, 4) is 5.75 Å². The van der Waals surface area contributed by atoms with Gasteiger partial charge in [0.1, 0.15) is 5.75 Å². The summed E-state index contributed by atoms with van der Waals surface area (Å²) in [4.78, 5) is 28.5. The molecule has 1 saturated heterocycles. The SMILES string of the molecule is Cc1cccc(N2CCN(CCCCNC(=O)COc3ccc4c(c3)CCC(=O)N4)CC2)c1. The number of piperazine rings is 1. The molecule has 7 nitrogen and oxygen atoms in total. The third kappa shape index (κ3) is 6.71. The number of anilines is 2. The second kappa shape index (κ2) is 11.2. The minimum absolute atomic E-state index is 0.00602. The van der Waals surface area contributed by atoms with Gasteiger partial charge in [0.05, 0.1) is 0 Å². The van der Waals surface area contributed by atoms with Crippen LogP contribution in [0.25, 0.3) is 0 Å². The number of ether oxygens (including phenoxy) is 1. The Bertz CT molecular complexity index is 970. The molecule has 2 N–H and O–H groups in total. The fraction of sp³-hybridized carbons (Fsp3) is 0.462. The van der Waals surface area contributed by atoms with Gasteiger partial charge in [-0.25, -0.2) is 0 Å². The third-order valence-electron chi connectivity index (χ3n) is 6.30. The lowest BCUT2D eigenvalue weighted by Gasteiger charge is -2.36. The number of nitrogens with zero attached hydrogens (tertiary/aromatic N) is 2. The maximum Gasteiger partial charge on any atom is 0.257 e. The molecule has 0 aromatic heterocycles. The van der Waals surface area contributed by atoms with Crippen molar-refractivity contribution >= 4 is 23.2 Å². The maximum absolute atomic E-state index is 12.1. The van der Waals surface area contributed by atoms with Gasteiger partial charge in [-0.1, -0.05) is 12.1 Å². The number of aryl methyl sites for hydroxylation is 2. The third-order valence-corrected chi connectivity index (χ3v) is 6.30. The highest BCUT2D eigenvalue weighted by molar-refractivity contribution is 5.94. The van der Waals surface area contributed by atoms with Crippen molar-refractivity contribution in [1.82, 2.24) is 10.2 Å². The van der Waals surface area contributed by atoms with E-state index in [1.807, 2.05) is 12.1 Å². The standard InChI is InChI=1S/C26H34N4O3/c1-20-5-4-6-22(17-20)30-15-13-29(14-16-30)12-3-2-11-27-26(32)19-33-23-8-9-24-21(18-23)7-10-25(31)28-24/h4-6,8-9,17-18H,2-3,7,10-16,19H2,1H3,(H,27,32)(H,28,31). The van der Waals surface area contributed by atoms with Gasteiger partial charge < -0.3 is 20.3 Å². The molecule has 0 atom stereocenters. The molecule has 2 amide bonds. The summed E-state index contributed by atoms with van der Waals surface area (Å²) in [6.07, 6.45) is 3.22. The first-order valence-corrected chi connectivity index (χ1v) is 11.9. The number of unbranched alkanes of at least 4 members (excludes halogenated alkanes) is 1. The molecule has 1 fully saturated rings. The summed E-state index contributed by atoms with van der Waals surface area (Å²) in [7, 11) is 0. The highest BCUT2D eigenvalue weighted by Gasteiger charge is 2.17. The molecule has 4 rings (SSSR count). The van der Waals surface area contributed by atoms with Crippen LogP contribution in [0, 0.1) is 6.92 Å². The summed E-state index contributed by atoms with van der Waals surface area (Å²) in [6.45, 7) is 8.17. The van der Waals surface area contributed by atoms with E-state index in [0.29, 0.717) is 25.1 Å². The summed E-state index contributed by atoms with van der Waals surface area (Å²) >= 11 is 0. The lowest BCUT2D eigenvalue weighted by molar-refractivity contribution is -0.123. The van der Waals surface area contributed by atoms with Crippen molar-refractivity contribution in [2.45, 2.75) is 32.6 Å². The predicted molar refractivity (Wildman–Crippen MR) is 131 cm³/mol.